The molecule has 2 aromatic rings. The SMILES string of the molecule is COC(=O)C(=Cc1cc(C)c(N)c(OCc2ccccc2)c1)NC(=O)OC(C)(C)C. The fourth-order valence-corrected chi connectivity index (χ4v) is 2.57. The number of hydrogen-bond acceptors (Lipinski definition) is 6. The van der Waals surface area contributed by atoms with Crippen LogP contribution in [0.1, 0.15) is 37.5 Å². The molecule has 0 aliphatic heterocycles. The third-order valence-electron chi connectivity index (χ3n) is 3.96. The lowest BCUT2D eigenvalue weighted by atomic mass is 10.1. The summed E-state index contributed by atoms with van der Waals surface area (Å²) in [6, 6.07) is 13.2. The van der Waals surface area contributed by atoms with E-state index < -0.39 is 17.7 Å². The Kier molecular flexibility index (Phi) is 7.47. The first-order valence-electron chi connectivity index (χ1n) is 9.46. The number of nitrogens with one attached hydrogen (secondary N) is 1. The lowest BCUT2D eigenvalue weighted by Gasteiger charge is -2.20. The maximum Gasteiger partial charge on any atom is 0.412 e. The van der Waals surface area contributed by atoms with Crippen LogP contribution in [-0.2, 0) is 20.9 Å². The van der Waals surface area contributed by atoms with Crippen LogP contribution in [0, 0.1) is 6.92 Å². The standard InChI is InChI=1S/C23H28N2O5/c1-15-11-17(12-18(21(26)28-5)25-22(27)30-23(2,3)4)13-19(20(15)24)29-14-16-9-7-6-8-10-16/h6-13H,14,24H2,1-5H3,(H,25,27). The van der Waals surface area contributed by atoms with Crippen molar-refractivity contribution in [2.75, 3.05) is 12.8 Å². The number of carbonyl (C=O) groups is 2. The predicted molar refractivity (Wildman–Crippen MR) is 116 cm³/mol. The molecule has 7 nitrogen and oxygen atoms in total. The van der Waals surface area contributed by atoms with Gasteiger partial charge in [-0.1, -0.05) is 30.3 Å². The molecular formula is C23H28N2O5. The minimum atomic E-state index is -0.758. The molecule has 0 saturated carbocycles. The molecule has 0 radical (unpaired) electrons. The summed E-state index contributed by atoms with van der Waals surface area (Å²) in [6.45, 7) is 7.37. The van der Waals surface area contributed by atoms with Crippen molar-refractivity contribution in [3.8, 4) is 5.75 Å². The molecule has 1 amide bonds. The molecule has 2 rings (SSSR count). The van der Waals surface area contributed by atoms with E-state index in [-0.39, 0.29) is 5.70 Å². The monoisotopic (exact) mass is 412 g/mol. The Morgan fingerprint density at radius 3 is 2.40 bits per heavy atom. The van der Waals surface area contributed by atoms with Crippen molar-refractivity contribution < 1.29 is 23.8 Å². The maximum absolute atomic E-state index is 12.1. The minimum absolute atomic E-state index is 0.0649. The second kappa shape index (κ2) is 9.82. The number of carbonyl (C=O) groups excluding carboxylic acids is 2. The summed E-state index contributed by atoms with van der Waals surface area (Å²) in [6.07, 6.45) is 0.726. The summed E-state index contributed by atoms with van der Waals surface area (Å²) in [4.78, 5) is 24.2. The van der Waals surface area contributed by atoms with Crippen molar-refractivity contribution in [1.29, 1.82) is 0 Å². The number of methoxy groups -OCH3 is 1. The highest BCUT2D eigenvalue weighted by Crippen LogP contribution is 2.29. The summed E-state index contributed by atoms with van der Waals surface area (Å²) in [5, 5.41) is 2.44. The van der Waals surface area contributed by atoms with Crippen molar-refractivity contribution in [2.45, 2.75) is 39.9 Å². The van der Waals surface area contributed by atoms with Crippen LogP contribution in [0.4, 0.5) is 10.5 Å². The second-order valence-corrected chi connectivity index (χ2v) is 7.70. The van der Waals surface area contributed by atoms with E-state index in [2.05, 4.69) is 5.32 Å². The van der Waals surface area contributed by atoms with Crippen LogP contribution in [0.25, 0.3) is 6.08 Å². The van der Waals surface area contributed by atoms with Gasteiger partial charge in [0.2, 0.25) is 0 Å². The molecule has 0 saturated heterocycles. The topological polar surface area (TPSA) is 99.9 Å². The van der Waals surface area contributed by atoms with Gasteiger partial charge in [-0.3, -0.25) is 5.32 Å². The van der Waals surface area contributed by atoms with E-state index in [1.54, 1.807) is 32.9 Å². The molecule has 0 unspecified atom stereocenters. The molecule has 0 fully saturated rings. The number of amides is 1. The van der Waals surface area contributed by atoms with Crippen LogP contribution in [0.3, 0.4) is 0 Å². The van der Waals surface area contributed by atoms with Gasteiger partial charge in [0.25, 0.3) is 0 Å². The van der Waals surface area contributed by atoms with Gasteiger partial charge in [-0.25, -0.2) is 9.59 Å². The molecule has 30 heavy (non-hydrogen) atoms. The molecular weight excluding hydrogens is 384 g/mol. The summed E-state index contributed by atoms with van der Waals surface area (Å²) in [7, 11) is 1.23. The molecule has 160 valence electrons. The molecule has 0 aromatic heterocycles. The van der Waals surface area contributed by atoms with Gasteiger partial charge in [-0.15, -0.1) is 0 Å². The van der Waals surface area contributed by atoms with Gasteiger partial charge in [-0.2, -0.15) is 0 Å². The lowest BCUT2D eigenvalue weighted by Crippen LogP contribution is -2.34. The highest BCUT2D eigenvalue weighted by Gasteiger charge is 2.20. The number of nitrogen functional groups attached to an aromatic ring is 1. The molecule has 0 bridgehead atoms. The summed E-state index contributed by atoms with van der Waals surface area (Å²) >= 11 is 0. The first-order valence-corrected chi connectivity index (χ1v) is 9.46. The van der Waals surface area contributed by atoms with Crippen LogP contribution in [0.2, 0.25) is 0 Å². The van der Waals surface area contributed by atoms with Gasteiger partial charge >= 0.3 is 12.1 Å². The van der Waals surface area contributed by atoms with Crippen molar-refractivity contribution in [3.63, 3.8) is 0 Å². The van der Waals surface area contributed by atoms with Gasteiger partial charge in [0.1, 0.15) is 23.7 Å². The highest BCUT2D eigenvalue weighted by atomic mass is 16.6. The highest BCUT2D eigenvalue weighted by molar-refractivity contribution is 5.97. The third kappa shape index (κ3) is 6.84. The van der Waals surface area contributed by atoms with Gasteiger partial charge in [0, 0.05) is 0 Å². The number of rotatable bonds is 6. The smallest absolute Gasteiger partial charge is 0.412 e. The second-order valence-electron chi connectivity index (χ2n) is 7.70. The molecule has 0 aliphatic rings. The Labute approximate surface area is 176 Å². The first kappa shape index (κ1) is 22.8. The van der Waals surface area contributed by atoms with E-state index in [9.17, 15) is 9.59 Å². The number of ether oxygens (including phenoxy) is 3. The number of anilines is 1. The maximum atomic E-state index is 12.1. The Bertz CT molecular complexity index is 931. The number of aryl methyl sites for hydroxylation is 1. The Morgan fingerprint density at radius 1 is 1.13 bits per heavy atom. The van der Waals surface area contributed by atoms with Gasteiger partial charge in [-0.05, 0) is 62.6 Å². The van der Waals surface area contributed by atoms with Crippen LogP contribution in [0.5, 0.6) is 5.75 Å². The molecule has 0 atom stereocenters. The van der Waals surface area contributed by atoms with Crippen LogP contribution < -0.4 is 15.8 Å². The normalized spacial score (nSPS) is 11.6. The van der Waals surface area contributed by atoms with Crippen LogP contribution >= 0.6 is 0 Å². The third-order valence-corrected chi connectivity index (χ3v) is 3.96. The molecule has 0 heterocycles. The fraction of sp³-hybridized carbons (Fsp3) is 0.304. The quantitative estimate of drug-likeness (QED) is 0.419. The van der Waals surface area contributed by atoms with E-state index >= 15 is 0 Å². The van der Waals surface area contributed by atoms with E-state index in [4.69, 9.17) is 19.9 Å². The molecule has 7 heteroatoms. The minimum Gasteiger partial charge on any atom is -0.487 e. The average Bonchev–Trinajstić information content (AvgIpc) is 2.67. The van der Waals surface area contributed by atoms with E-state index in [0.29, 0.717) is 23.6 Å². The van der Waals surface area contributed by atoms with E-state index in [1.165, 1.54) is 13.2 Å². The van der Waals surface area contributed by atoms with Gasteiger partial charge < -0.3 is 19.9 Å². The zero-order chi connectivity index (χ0) is 22.3. The molecule has 0 aliphatic carbocycles. The van der Waals surface area contributed by atoms with Gasteiger partial charge in [0.05, 0.1) is 12.8 Å². The summed E-state index contributed by atoms with van der Waals surface area (Å²) in [5.41, 5.74) is 8.27. The van der Waals surface area contributed by atoms with Crippen LogP contribution in [-0.4, -0.2) is 24.8 Å². The van der Waals surface area contributed by atoms with E-state index in [1.807, 2.05) is 37.3 Å². The molecule has 0 spiro atoms. The Hall–Kier alpha value is -3.48. The zero-order valence-corrected chi connectivity index (χ0v) is 17.9. The van der Waals surface area contributed by atoms with Gasteiger partial charge in [0.15, 0.2) is 0 Å². The Morgan fingerprint density at radius 2 is 1.80 bits per heavy atom. The molecule has 2 aromatic carbocycles. The average molecular weight is 412 g/mol. The van der Waals surface area contributed by atoms with Crippen molar-refractivity contribution >= 4 is 23.8 Å². The molecule has 3 N–H and O–H groups in total. The van der Waals surface area contributed by atoms with Crippen LogP contribution in [0.15, 0.2) is 48.2 Å². The number of alkyl carbamates (subject to hydrolysis) is 1. The number of hydrogen-bond donors (Lipinski definition) is 2. The summed E-state index contributed by atoms with van der Waals surface area (Å²) in [5.74, 6) is -0.228. The van der Waals surface area contributed by atoms with E-state index in [0.717, 1.165) is 11.1 Å². The zero-order valence-electron chi connectivity index (χ0n) is 17.9. The largest absolute Gasteiger partial charge is 0.487 e. The number of nitrogens with two attached hydrogens (primary N) is 1. The summed E-state index contributed by atoms with van der Waals surface area (Å²) < 4.78 is 15.9. The van der Waals surface area contributed by atoms with Crippen molar-refractivity contribution in [3.05, 3.63) is 64.9 Å². The van der Waals surface area contributed by atoms with Crippen molar-refractivity contribution in [1.82, 2.24) is 5.32 Å². The predicted octanol–water partition coefficient (Wildman–Crippen LogP) is 4.19. The number of esters is 1. The Balaban J connectivity index is 2.29. The first-order chi connectivity index (χ1) is 14.1. The fourth-order valence-electron chi connectivity index (χ4n) is 2.57. The number of benzene rings is 2. The lowest BCUT2D eigenvalue weighted by molar-refractivity contribution is -0.136. The van der Waals surface area contributed by atoms with Crippen molar-refractivity contribution in [2.24, 2.45) is 0 Å².